The lowest BCUT2D eigenvalue weighted by Crippen LogP contribution is -2.49. The molecular formula is C24H24ClNO2. The summed E-state index contributed by atoms with van der Waals surface area (Å²) >= 11 is 5.62. The fourth-order valence-corrected chi connectivity index (χ4v) is 5.29. The minimum Gasteiger partial charge on any atom is -0.508 e. The number of aryl methyl sites for hydroxylation is 1. The number of allylic oxidation sites excluding steroid dienone is 1. The summed E-state index contributed by atoms with van der Waals surface area (Å²) < 4.78 is 0. The number of aromatic nitrogens is 1. The van der Waals surface area contributed by atoms with Crippen LogP contribution in [-0.4, -0.2) is 20.8 Å². The summed E-state index contributed by atoms with van der Waals surface area (Å²) in [7, 11) is 0. The van der Waals surface area contributed by atoms with Crippen molar-refractivity contribution in [3.8, 4) is 17.0 Å². The zero-order valence-electron chi connectivity index (χ0n) is 15.7. The summed E-state index contributed by atoms with van der Waals surface area (Å²) in [5, 5.41) is 23.2. The van der Waals surface area contributed by atoms with Crippen molar-refractivity contribution in [1.82, 2.24) is 4.98 Å². The molecule has 144 valence electrons. The summed E-state index contributed by atoms with van der Waals surface area (Å²) in [6.07, 6.45) is 10.9. The van der Waals surface area contributed by atoms with Gasteiger partial charge in [0.25, 0.3) is 0 Å². The first kappa shape index (κ1) is 19.1. The van der Waals surface area contributed by atoms with Crippen LogP contribution in [0.1, 0.15) is 48.9 Å². The van der Waals surface area contributed by atoms with E-state index < -0.39 is 5.60 Å². The van der Waals surface area contributed by atoms with Gasteiger partial charge in [-0.05, 0) is 97.5 Å². The number of phenols is 1. The van der Waals surface area contributed by atoms with Gasteiger partial charge in [-0.25, -0.2) is 0 Å². The molecule has 4 heteroatoms. The second kappa shape index (κ2) is 7.62. The first-order valence-corrected chi connectivity index (χ1v) is 10.2. The number of rotatable bonds is 3. The number of nitrogens with zero attached hydrogens (tertiary/aromatic N) is 1. The van der Waals surface area contributed by atoms with Crippen LogP contribution in [0.5, 0.6) is 5.75 Å². The van der Waals surface area contributed by atoms with Crippen LogP contribution in [0.15, 0.2) is 48.7 Å². The molecule has 0 spiro atoms. The Morgan fingerprint density at radius 1 is 1.25 bits per heavy atom. The number of pyridine rings is 1. The van der Waals surface area contributed by atoms with Crippen molar-refractivity contribution < 1.29 is 10.2 Å². The summed E-state index contributed by atoms with van der Waals surface area (Å²) in [6, 6.07) is 11.6. The molecule has 4 rings (SSSR count). The van der Waals surface area contributed by atoms with E-state index >= 15 is 0 Å². The highest BCUT2D eigenvalue weighted by atomic mass is 35.5. The molecule has 1 fully saturated rings. The van der Waals surface area contributed by atoms with Crippen LogP contribution >= 0.6 is 11.6 Å². The summed E-state index contributed by atoms with van der Waals surface area (Å²) in [6.45, 7) is 0. The van der Waals surface area contributed by atoms with Crippen LogP contribution in [0.25, 0.3) is 6.08 Å². The molecule has 1 aromatic carbocycles. The van der Waals surface area contributed by atoms with Crippen molar-refractivity contribution in [2.24, 2.45) is 5.92 Å². The van der Waals surface area contributed by atoms with Crippen LogP contribution in [0.4, 0.5) is 0 Å². The van der Waals surface area contributed by atoms with E-state index in [-0.39, 0.29) is 5.41 Å². The normalized spacial score (nSPS) is 28.9. The molecule has 0 aliphatic heterocycles. The van der Waals surface area contributed by atoms with Crippen LogP contribution in [0.2, 0.25) is 0 Å². The van der Waals surface area contributed by atoms with E-state index in [1.165, 1.54) is 11.1 Å². The average molecular weight is 394 g/mol. The lowest BCUT2D eigenvalue weighted by molar-refractivity contribution is -0.00710. The third-order valence-corrected chi connectivity index (χ3v) is 6.57. The van der Waals surface area contributed by atoms with E-state index in [4.69, 9.17) is 11.6 Å². The molecule has 3 atom stereocenters. The Bertz CT molecular complexity index is 946. The van der Waals surface area contributed by atoms with Gasteiger partial charge in [0.15, 0.2) is 0 Å². The Morgan fingerprint density at radius 3 is 2.93 bits per heavy atom. The van der Waals surface area contributed by atoms with E-state index in [0.29, 0.717) is 24.5 Å². The van der Waals surface area contributed by atoms with Crippen LogP contribution in [0, 0.1) is 17.2 Å². The lowest BCUT2D eigenvalue weighted by atomic mass is 9.53. The minimum absolute atomic E-state index is 0.0627. The number of fused-ring (bicyclic) bond motifs is 3. The highest BCUT2D eigenvalue weighted by molar-refractivity contribution is 6.30. The molecule has 28 heavy (non-hydrogen) atoms. The monoisotopic (exact) mass is 393 g/mol. The standard InChI is InChI=1S/C24H24ClNO2/c25-14-13-23(28)11-12-24(10-3-5-20-4-1-2-15-26-20)19(17-23)7-6-18-16-21(27)8-9-22(18)24/h1-5,8-9,15-16,19,27-28H,6-7,10-12,17H2/t19-,23+,24-/m1/s1. The largest absolute Gasteiger partial charge is 0.508 e. The lowest BCUT2D eigenvalue weighted by Gasteiger charge is -2.52. The van der Waals surface area contributed by atoms with Gasteiger partial charge in [-0.15, -0.1) is 0 Å². The summed E-state index contributed by atoms with van der Waals surface area (Å²) in [5.74, 6) is 3.46. The Morgan fingerprint density at radius 2 is 2.14 bits per heavy atom. The summed E-state index contributed by atoms with van der Waals surface area (Å²) in [5.41, 5.74) is 2.39. The molecule has 0 saturated heterocycles. The highest BCUT2D eigenvalue weighted by Crippen LogP contribution is 2.55. The molecule has 1 aromatic heterocycles. The molecule has 2 aliphatic carbocycles. The van der Waals surface area contributed by atoms with Crippen molar-refractivity contribution in [2.75, 3.05) is 0 Å². The van der Waals surface area contributed by atoms with E-state index in [9.17, 15) is 10.2 Å². The second-order valence-electron chi connectivity index (χ2n) is 8.05. The van der Waals surface area contributed by atoms with Gasteiger partial charge in [-0.1, -0.05) is 24.1 Å². The van der Waals surface area contributed by atoms with Gasteiger partial charge in [0, 0.05) is 17.0 Å². The maximum atomic E-state index is 10.9. The third kappa shape index (κ3) is 3.55. The zero-order chi connectivity index (χ0) is 19.6. The first-order valence-electron chi connectivity index (χ1n) is 9.80. The van der Waals surface area contributed by atoms with Gasteiger partial charge >= 0.3 is 0 Å². The predicted octanol–water partition coefficient (Wildman–Crippen LogP) is 4.81. The van der Waals surface area contributed by atoms with Gasteiger partial charge in [0.2, 0.25) is 0 Å². The maximum absolute atomic E-state index is 10.9. The number of benzene rings is 1. The van der Waals surface area contributed by atoms with E-state index in [1.807, 2.05) is 24.3 Å². The number of phenolic OH excluding ortho intramolecular Hbond substituents is 1. The Kier molecular flexibility index (Phi) is 5.19. The second-order valence-corrected chi connectivity index (χ2v) is 8.24. The van der Waals surface area contributed by atoms with Gasteiger partial charge in [0.05, 0.1) is 5.69 Å². The molecule has 0 bridgehead atoms. The van der Waals surface area contributed by atoms with E-state index in [0.717, 1.165) is 31.4 Å². The average Bonchev–Trinajstić information content (AvgIpc) is 2.69. The fourth-order valence-electron chi connectivity index (χ4n) is 5.12. The van der Waals surface area contributed by atoms with Crippen LogP contribution < -0.4 is 0 Å². The molecule has 2 aromatic rings. The van der Waals surface area contributed by atoms with Gasteiger partial charge < -0.3 is 10.2 Å². The van der Waals surface area contributed by atoms with Crippen molar-refractivity contribution >= 4 is 17.7 Å². The van der Waals surface area contributed by atoms with E-state index in [1.54, 1.807) is 12.3 Å². The van der Waals surface area contributed by atoms with Crippen LogP contribution in [-0.2, 0) is 11.8 Å². The van der Waals surface area contributed by atoms with Crippen molar-refractivity contribution in [1.29, 1.82) is 0 Å². The quantitative estimate of drug-likeness (QED) is 0.736. The summed E-state index contributed by atoms with van der Waals surface area (Å²) in [4.78, 5) is 4.37. The smallest absolute Gasteiger partial charge is 0.127 e. The number of hydrogen-bond donors (Lipinski definition) is 2. The maximum Gasteiger partial charge on any atom is 0.127 e. The van der Waals surface area contributed by atoms with Gasteiger partial charge in [-0.3, -0.25) is 4.98 Å². The molecule has 0 radical (unpaired) electrons. The third-order valence-electron chi connectivity index (χ3n) is 6.48. The highest BCUT2D eigenvalue weighted by Gasteiger charge is 2.50. The number of hydrogen-bond acceptors (Lipinski definition) is 3. The van der Waals surface area contributed by atoms with Crippen molar-refractivity contribution in [2.45, 2.75) is 49.5 Å². The van der Waals surface area contributed by atoms with E-state index in [2.05, 4.69) is 34.5 Å². The Labute approximate surface area is 171 Å². The van der Waals surface area contributed by atoms with Gasteiger partial charge in [0.1, 0.15) is 11.4 Å². The van der Waals surface area contributed by atoms with Crippen molar-refractivity contribution in [3.05, 3.63) is 65.5 Å². The zero-order valence-corrected chi connectivity index (χ0v) is 16.5. The Balaban J connectivity index is 1.70. The van der Waals surface area contributed by atoms with Crippen LogP contribution in [0.3, 0.4) is 0 Å². The fraction of sp³-hybridized carbons (Fsp3) is 0.375. The van der Waals surface area contributed by atoms with Gasteiger partial charge in [-0.2, -0.15) is 0 Å². The molecule has 3 nitrogen and oxygen atoms in total. The minimum atomic E-state index is -1.00. The Hall–Kier alpha value is -2.28. The molecule has 0 unspecified atom stereocenters. The molecule has 1 heterocycles. The number of aliphatic hydroxyl groups is 1. The molecular weight excluding hydrogens is 370 g/mol. The number of halogens is 1. The topological polar surface area (TPSA) is 53.4 Å². The molecule has 1 saturated carbocycles. The van der Waals surface area contributed by atoms with Crippen molar-refractivity contribution in [3.63, 3.8) is 0 Å². The predicted molar refractivity (Wildman–Crippen MR) is 112 cm³/mol. The molecule has 0 amide bonds. The SMILES string of the molecule is Oc1ccc2c(c1)CC[C@@H]1C[C@@](O)(C#CCl)CC[C@@]21CC=Cc1ccccn1. The number of aromatic hydroxyl groups is 1. The molecule has 2 N–H and O–H groups in total. The first-order chi connectivity index (χ1) is 13.5. The molecule has 2 aliphatic rings.